The summed E-state index contributed by atoms with van der Waals surface area (Å²) in [5, 5.41) is 12.1. The van der Waals surface area contributed by atoms with Gasteiger partial charge in [0.05, 0.1) is 11.3 Å². The van der Waals surface area contributed by atoms with Crippen LogP contribution >= 0.6 is 23.8 Å². The molecular weight excluding hydrogens is 450 g/mol. The molecule has 0 atom stereocenters. The van der Waals surface area contributed by atoms with Crippen LogP contribution in [0, 0.1) is 6.92 Å². The maximum absolute atomic E-state index is 13.3. The van der Waals surface area contributed by atoms with E-state index in [4.69, 9.17) is 28.9 Å². The van der Waals surface area contributed by atoms with Gasteiger partial charge in [-0.1, -0.05) is 17.7 Å². The van der Waals surface area contributed by atoms with Crippen LogP contribution in [0.25, 0.3) is 11.8 Å². The number of benzene rings is 2. The first-order valence-electron chi connectivity index (χ1n) is 9.45. The Bertz CT molecular complexity index is 1310. The van der Waals surface area contributed by atoms with Gasteiger partial charge in [-0.2, -0.15) is 0 Å². The van der Waals surface area contributed by atoms with Crippen LogP contribution in [0.4, 0.5) is 5.69 Å². The first-order chi connectivity index (χ1) is 15.3. The number of anilines is 1. The van der Waals surface area contributed by atoms with Crippen LogP contribution in [-0.4, -0.2) is 32.6 Å². The molecule has 4 rings (SSSR count). The van der Waals surface area contributed by atoms with E-state index >= 15 is 0 Å². The zero-order chi connectivity index (χ0) is 23.0. The number of thiocarbonyl (C=S) groups is 1. The third-order valence-electron chi connectivity index (χ3n) is 5.05. The molecule has 0 spiro atoms. The molecular formula is C23H16ClN3O4S. The number of rotatable bonds is 4. The normalized spacial score (nSPS) is 15.2. The van der Waals surface area contributed by atoms with Crippen molar-refractivity contribution < 1.29 is 19.5 Å². The molecule has 1 aromatic heterocycles. The van der Waals surface area contributed by atoms with Gasteiger partial charge in [0.1, 0.15) is 5.57 Å². The van der Waals surface area contributed by atoms with Gasteiger partial charge in [-0.05, 0) is 79.3 Å². The van der Waals surface area contributed by atoms with Crippen LogP contribution in [0.1, 0.15) is 21.6 Å². The largest absolute Gasteiger partial charge is 0.478 e. The first kappa shape index (κ1) is 21.5. The molecule has 160 valence electrons. The van der Waals surface area contributed by atoms with Crippen LogP contribution in [-0.2, 0) is 9.59 Å². The number of hydrogen-bond donors (Lipinski definition) is 2. The zero-order valence-corrected chi connectivity index (χ0v) is 18.3. The summed E-state index contributed by atoms with van der Waals surface area (Å²) < 4.78 is 1.74. The second kappa shape index (κ2) is 8.41. The minimum atomic E-state index is -1.02. The fraction of sp³-hybridized carbons (Fsp3) is 0.0435. The average Bonchev–Trinajstić information content (AvgIpc) is 3.22. The SMILES string of the molecule is Cc1c(Cl)cccc1N1C(=O)/C(=C/c2cccn2-c2ccc(C(=O)O)cc2)C(=O)NC1=S. The van der Waals surface area contributed by atoms with E-state index in [1.54, 1.807) is 60.2 Å². The Balaban J connectivity index is 1.74. The number of carboxylic acid groups (broad SMARTS) is 1. The number of hydrogen-bond acceptors (Lipinski definition) is 4. The van der Waals surface area contributed by atoms with Gasteiger partial charge < -0.3 is 9.67 Å². The van der Waals surface area contributed by atoms with Crippen molar-refractivity contribution in [3.05, 3.63) is 88.2 Å². The predicted molar refractivity (Wildman–Crippen MR) is 125 cm³/mol. The molecule has 1 fully saturated rings. The van der Waals surface area contributed by atoms with E-state index < -0.39 is 17.8 Å². The predicted octanol–water partition coefficient (Wildman–Crippen LogP) is 3.97. The highest BCUT2D eigenvalue weighted by Crippen LogP contribution is 2.30. The van der Waals surface area contributed by atoms with Gasteiger partial charge in [0.25, 0.3) is 11.8 Å². The minimum absolute atomic E-state index is 0.0258. The summed E-state index contributed by atoms with van der Waals surface area (Å²) in [6.07, 6.45) is 3.22. The zero-order valence-electron chi connectivity index (χ0n) is 16.7. The Labute approximate surface area is 193 Å². The highest BCUT2D eigenvalue weighted by molar-refractivity contribution is 7.80. The molecule has 32 heavy (non-hydrogen) atoms. The number of nitrogens with one attached hydrogen (secondary N) is 1. The second-order valence-electron chi connectivity index (χ2n) is 7.00. The summed E-state index contributed by atoms with van der Waals surface area (Å²) in [6, 6.07) is 14.8. The maximum Gasteiger partial charge on any atom is 0.335 e. The van der Waals surface area contributed by atoms with Gasteiger partial charge in [0, 0.05) is 22.6 Å². The molecule has 7 nitrogen and oxygen atoms in total. The lowest BCUT2D eigenvalue weighted by atomic mass is 10.1. The maximum atomic E-state index is 13.3. The van der Waals surface area contributed by atoms with Crippen molar-refractivity contribution in [3.8, 4) is 5.69 Å². The van der Waals surface area contributed by atoms with Crippen molar-refractivity contribution in [1.29, 1.82) is 0 Å². The number of nitrogens with zero attached hydrogens (tertiary/aromatic N) is 2. The number of halogens is 1. The van der Waals surface area contributed by atoms with Gasteiger partial charge in [0.2, 0.25) is 0 Å². The number of carboxylic acids is 1. The topological polar surface area (TPSA) is 91.6 Å². The van der Waals surface area contributed by atoms with E-state index in [1.165, 1.54) is 23.1 Å². The molecule has 1 aliphatic heterocycles. The summed E-state index contributed by atoms with van der Waals surface area (Å²) in [4.78, 5) is 38.3. The van der Waals surface area contributed by atoms with E-state index in [1.807, 2.05) is 0 Å². The van der Waals surface area contributed by atoms with Crippen LogP contribution in [0.2, 0.25) is 5.02 Å². The van der Waals surface area contributed by atoms with Crippen molar-refractivity contribution in [3.63, 3.8) is 0 Å². The van der Waals surface area contributed by atoms with E-state index in [2.05, 4.69) is 5.32 Å². The summed E-state index contributed by atoms with van der Waals surface area (Å²) in [5.41, 5.74) is 2.43. The number of aromatic nitrogens is 1. The van der Waals surface area contributed by atoms with Gasteiger partial charge in [-0.15, -0.1) is 0 Å². The Morgan fingerprint density at radius 1 is 1.09 bits per heavy atom. The Kier molecular flexibility index (Phi) is 5.65. The summed E-state index contributed by atoms with van der Waals surface area (Å²) in [7, 11) is 0. The lowest BCUT2D eigenvalue weighted by Crippen LogP contribution is -2.54. The summed E-state index contributed by atoms with van der Waals surface area (Å²) >= 11 is 11.5. The second-order valence-corrected chi connectivity index (χ2v) is 7.79. The number of amides is 2. The quantitative estimate of drug-likeness (QED) is 0.345. The highest BCUT2D eigenvalue weighted by atomic mass is 35.5. The third-order valence-corrected chi connectivity index (χ3v) is 5.74. The first-order valence-corrected chi connectivity index (χ1v) is 10.2. The van der Waals surface area contributed by atoms with Gasteiger partial charge >= 0.3 is 5.97 Å². The molecule has 0 saturated carbocycles. The van der Waals surface area contributed by atoms with Crippen molar-refractivity contribution in [1.82, 2.24) is 9.88 Å². The summed E-state index contributed by atoms with van der Waals surface area (Å²) in [6.45, 7) is 1.76. The molecule has 0 radical (unpaired) electrons. The molecule has 1 saturated heterocycles. The minimum Gasteiger partial charge on any atom is -0.478 e. The fourth-order valence-corrected chi connectivity index (χ4v) is 3.82. The van der Waals surface area contributed by atoms with Crippen molar-refractivity contribution >= 4 is 58.5 Å². The molecule has 0 bridgehead atoms. The van der Waals surface area contributed by atoms with E-state index in [-0.39, 0.29) is 16.2 Å². The van der Waals surface area contributed by atoms with Crippen LogP contribution in [0.5, 0.6) is 0 Å². The van der Waals surface area contributed by atoms with E-state index in [9.17, 15) is 14.4 Å². The van der Waals surface area contributed by atoms with Crippen LogP contribution in [0.15, 0.2) is 66.4 Å². The lowest BCUT2D eigenvalue weighted by molar-refractivity contribution is -0.122. The Morgan fingerprint density at radius 3 is 2.50 bits per heavy atom. The van der Waals surface area contributed by atoms with Gasteiger partial charge in [0.15, 0.2) is 5.11 Å². The molecule has 9 heteroatoms. The molecule has 0 aliphatic carbocycles. The monoisotopic (exact) mass is 465 g/mol. The van der Waals surface area contributed by atoms with Crippen molar-refractivity contribution in [2.24, 2.45) is 0 Å². The molecule has 2 N–H and O–H groups in total. The molecule has 0 unspecified atom stereocenters. The number of aromatic carboxylic acids is 1. The lowest BCUT2D eigenvalue weighted by Gasteiger charge is -2.30. The molecule has 1 aliphatic rings. The van der Waals surface area contributed by atoms with Gasteiger partial charge in [-0.25, -0.2) is 4.79 Å². The number of carbonyl (C=O) groups is 3. The third kappa shape index (κ3) is 3.81. The number of carbonyl (C=O) groups excluding carboxylic acids is 2. The smallest absolute Gasteiger partial charge is 0.335 e. The summed E-state index contributed by atoms with van der Waals surface area (Å²) in [5.74, 6) is -2.20. The molecule has 2 heterocycles. The van der Waals surface area contributed by atoms with E-state index in [0.29, 0.717) is 27.7 Å². The Hall–Kier alpha value is -3.75. The van der Waals surface area contributed by atoms with E-state index in [0.717, 1.165) is 0 Å². The van der Waals surface area contributed by atoms with Crippen LogP contribution < -0.4 is 10.2 Å². The highest BCUT2D eigenvalue weighted by Gasteiger charge is 2.35. The standard InChI is InChI=1S/C23H16ClN3O4S/c1-13-18(24)5-2-6-19(13)27-21(29)17(20(28)25-23(27)32)12-16-4-3-11-26(16)15-9-7-14(8-10-15)22(30)31/h2-12H,1H3,(H,30,31)(H,25,28,32)/b17-12+. The fourth-order valence-electron chi connectivity index (χ4n) is 3.37. The average molecular weight is 466 g/mol. The van der Waals surface area contributed by atoms with Crippen molar-refractivity contribution in [2.75, 3.05) is 4.90 Å². The molecule has 2 amide bonds. The molecule has 3 aromatic rings. The van der Waals surface area contributed by atoms with Crippen molar-refractivity contribution in [2.45, 2.75) is 6.92 Å². The molecule has 2 aromatic carbocycles. The van der Waals surface area contributed by atoms with Crippen LogP contribution in [0.3, 0.4) is 0 Å². The van der Waals surface area contributed by atoms with Gasteiger partial charge in [-0.3, -0.25) is 19.8 Å². The Morgan fingerprint density at radius 2 is 1.81 bits per heavy atom.